The Labute approximate surface area is 328 Å². The molecule has 2 fully saturated rings. The number of hydrogen-bond donors (Lipinski definition) is 4. The zero-order valence-corrected chi connectivity index (χ0v) is 33.6. The summed E-state index contributed by atoms with van der Waals surface area (Å²) < 4.78 is 126. The second-order valence-electron chi connectivity index (χ2n) is 14.9. The van der Waals surface area contributed by atoms with E-state index in [4.69, 9.17) is 10.8 Å². The Morgan fingerprint density at radius 1 is 0.649 bits per heavy atom. The molecule has 0 saturated heterocycles. The van der Waals surface area contributed by atoms with Crippen LogP contribution in [0.2, 0.25) is 0 Å². The minimum Gasteiger partial charge on any atom is -0.397 e. The second-order valence-corrected chi connectivity index (χ2v) is 19.9. The first-order valence-corrected chi connectivity index (χ1v) is 20.7. The van der Waals surface area contributed by atoms with Crippen molar-refractivity contribution in [3.8, 4) is 0 Å². The Hall–Kier alpha value is -3.88. The maximum absolute atomic E-state index is 13.2. The van der Waals surface area contributed by atoms with Crippen LogP contribution < -0.4 is 17.4 Å². The third kappa shape index (κ3) is 9.54. The number of alkyl halides is 6. The Bertz CT molecular complexity index is 2100. The molecule has 0 aromatic heterocycles. The van der Waals surface area contributed by atoms with Crippen molar-refractivity contribution in [3.05, 3.63) is 95.1 Å². The molecule has 7 N–H and O–H groups in total. The van der Waals surface area contributed by atoms with Gasteiger partial charge in [0, 0.05) is 18.7 Å². The predicted molar refractivity (Wildman–Crippen MR) is 201 cm³/mol. The highest BCUT2D eigenvalue weighted by Crippen LogP contribution is 2.47. The van der Waals surface area contributed by atoms with Gasteiger partial charge in [-0.15, -0.1) is 0 Å². The Morgan fingerprint density at radius 2 is 0.982 bits per heavy atom. The number of sulfone groups is 2. The molecule has 6 rings (SSSR count). The van der Waals surface area contributed by atoms with Gasteiger partial charge < -0.3 is 10.8 Å². The van der Waals surface area contributed by atoms with Crippen molar-refractivity contribution < 1.29 is 57.9 Å². The normalized spacial score (nSPS) is 21.0. The molecule has 3 aliphatic rings. The summed E-state index contributed by atoms with van der Waals surface area (Å²) >= 11 is 0. The van der Waals surface area contributed by atoms with Crippen LogP contribution >= 0.6 is 0 Å². The lowest BCUT2D eigenvalue weighted by molar-refractivity contribution is -0.138. The summed E-state index contributed by atoms with van der Waals surface area (Å²) in [5.41, 5.74) is 4.36. The van der Waals surface area contributed by atoms with E-state index in [9.17, 15) is 52.8 Å². The van der Waals surface area contributed by atoms with Gasteiger partial charge in [0.05, 0.1) is 41.5 Å². The van der Waals surface area contributed by atoms with Crippen LogP contribution in [0.1, 0.15) is 92.1 Å². The number of rotatable bonds is 7. The highest BCUT2D eigenvalue weighted by molar-refractivity contribution is 7.93. The first-order valence-electron chi connectivity index (χ1n) is 17.7. The number of carbonyl (C=O) groups is 2. The molecule has 2 aliphatic carbocycles. The number of amides is 2. The minimum absolute atomic E-state index is 0.0222. The molecule has 2 amide bonds. The van der Waals surface area contributed by atoms with Gasteiger partial charge in [-0.1, -0.05) is 24.3 Å². The fraction of sp³-hybridized carbons (Fsp3) is 0.474. The van der Waals surface area contributed by atoms with Crippen LogP contribution in [0.4, 0.5) is 26.3 Å². The molecule has 316 valence electrons. The van der Waals surface area contributed by atoms with Gasteiger partial charge in [-0.25, -0.2) is 16.8 Å². The summed E-state index contributed by atoms with van der Waals surface area (Å²) in [5, 5.41) is 7.57. The van der Waals surface area contributed by atoms with Crippen LogP contribution in [-0.4, -0.2) is 66.8 Å². The Morgan fingerprint density at radius 3 is 1.30 bits per heavy atom. The number of aliphatic hydroxyl groups is 1. The average molecular weight is 851 g/mol. The van der Waals surface area contributed by atoms with Gasteiger partial charge in [0.1, 0.15) is 0 Å². The van der Waals surface area contributed by atoms with E-state index < -0.39 is 81.3 Å². The molecule has 57 heavy (non-hydrogen) atoms. The molecule has 0 spiro atoms. The van der Waals surface area contributed by atoms with E-state index >= 15 is 0 Å². The number of nitrogens with two attached hydrogens (primary N) is 3. The SMILES string of the molecule is CC(C)(C1CC(N)C1)S(=O)(=O)c1cccc(C(F)(F)F)c1.CC(C)(C1CC(N2C(=O)c3ccccc3C2=O)C1)S(=O)(=O)c1cccc(C(F)(F)F)c1.CCO.NN. The zero-order chi connectivity index (χ0) is 43.5. The Kier molecular flexibility index (Phi) is 14.6. The van der Waals surface area contributed by atoms with Crippen molar-refractivity contribution >= 4 is 31.5 Å². The van der Waals surface area contributed by atoms with E-state index in [0.717, 1.165) is 30.3 Å². The van der Waals surface area contributed by atoms with Crippen LogP contribution in [0, 0.1) is 11.8 Å². The lowest BCUT2D eigenvalue weighted by atomic mass is 9.72. The van der Waals surface area contributed by atoms with Gasteiger partial charge in [-0.2, -0.15) is 26.3 Å². The molecular weight excluding hydrogens is 803 g/mol. The van der Waals surface area contributed by atoms with Crippen molar-refractivity contribution in [3.63, 3.8) is 0 Å². The van der Waals surface area contributed by atoms with Gasteiger partial charge >= 0.3 is 12.4 Å². The fourth-order valence-corrected chi connectivity index (χ4v) is 10.4. The van der Waals surface area contributed by atoms with Crippen molar-refractivity contribution in [2.45, 2.75) is 104 Å². The summed E-state index contributed by atoms with van der Waals surface area (Å²) in [6, 6.07) is 13.7. The molecule has 0 bridgehead atoms. The van der Waals surface area contributed by atoms with E-state index in [1.54, 1.807) is 45.0 Å². The number of benzene rings is 3. The van der Waals surface area contributed by atoms with E-state index in [-0.39, 0.29) is 36.3 Å². The van der Waals surface area contributed by atoms with Gasteiger partial charge in [-0.3, -0.25) is 26.2 Å². The number of imide groups is 1. The molecule has 11 nitrogen and oxygen atoms in total. The molecule has 3 aromatic carbocycles. The predicted octanol–water partition coefficient (Wildman–Crippen LogP) is 6.14. The molecule has 2 saturated carbocycles. The number of aliphatic hydroxyl groups excluding tert-OH is 1. The maximum Gasteiger partial charge on any atom is 0.416 e. The van der Waals surface area contributed by atoms with E-state index in [1.165, 1.54) is 24.8 Å². The van der Waals surface area contributed by atoms with E-state index in [2.05, 4.69) is 11.7 Å². The molecule has 0 atom stereocenters. The lowest BCUT2D eigenvalue weighted by Crippen LogP contribution is -2.55. The van der Waals surface area contributed by atoms with Crippen molar-refractivity contribution in [1.29, 1.82) is 0 Å². The molecule has 0 radical (unpaired) electrons. The van der Waals surface area contributed by atoms with Gasteiger partial charge in [-0.05, 0) is 121 Å². The molecule has 0 unspecified atom stereocenters. The molecule has 1 aliphatic heterocycles. The summed E-state index contributed by atoms with van der Waals surface area (Å²) in [7, 11) is -7.96. The second kappa shape index (κ2) is 17.5. The molecule has 19 heteroatoms. The van der Waals surface area contributed by atoms with Crippen LogP contribution in [0.5, 0.6) is 0 Å². The van der Waals surface area contributed by atoms with Crippen LogP contribution in [-0.2, 0) is 32.0 Å². The van der Waals surface area contributed by atoms with E-state index in [0.29, 0.717) is 36.1 Å². The average Bonchev–Trinajstić information content (AvgIpc) is 3.35. The van der Waals surface area contributed by atoms with Crippen LogP contribution in [0.3, 0.4) is 0 Å². The van der Waals surface area contributed by atoms with Crippen molar-refractivity contribution in [2.24, 2.45) is 29.3 Å². The number of hydrazine groups is 1. The summed E-state index contributed by atoms with van der Waals surface area (Å²) in [6.45, 7) is 8.00. The highest BCUT2D eigenvalue weighted by Gasteiger charge is 2.53. The third-order valence-corrected chi connectivity index (χ3v) is 16.0. The standard InChI is InChI=1S/C22H20F3NO4S.C14H18F3NO2S.C2H6O.H4N2/c1-21(2,31(29,30)16-7-5-6-13(12-16)22(23,24)25)14-10-15(11-14)26-19(27)17-8-3-4-9-18(17)20(26)28;1-13(2,10-6-11(18)7-10)21(19,20)12-5-3-4-9(8-12)14(15,16)17;1-2-3;1-2/h3-9,12,14-15H,10-11H2,1-2H3;3-5,8,10-11H,6-7,18H2,1-2H3;3H,2H2,1H3;1-2H2. The Balaban J connectivity index is 0.000000291. The lowest BCUT2D eigenvalue weighted by Gasteiger charge is -2.47. The molecule has 3 aromatic rings. The monoisotopic (exact) mass is 850 g/mol. The van der Waals surface area contributed by atoms with Gasteiger partial charge in [0.2, 0.25) is 0 Å². The summed E-state index contributed by atoms with van der Waals surface area (Å²) in [6.07, 6.45) is -7.51. The van der Waals surface area contributed by atoms with Gasteiger partial charge in [0.25, 0.3) is 11.8 Å². The first kappa shape index (κ1) is 47.5. The summed E-state index contributed by atoms with van der Waals surface area (Å²) in [5.74, 6) is 6.65. The van der Waals surface area contributed by atoms with Crippen LogP contribution in [0.25, 0.3) is 0 Å². The molecule has 1 heterocycles. The summed E-state index contributed by atoms with van der Waals surface area (Å²) in [4.78, 5) is 25.7. The maximum atomic E-state index is 13.2. The quantitative estimate of drug-likeness (QED) is 0.0925. The minimum atomic E-state index is -4.65. The van der Waals surface area contributed by atoms with Gasteiger partial charge in [0.15, 0.2) is 19.7 Å². The van der Waals surface area contributed by atoms with Crippen LogP contribution in [0.15, 0.2) is 82.6 Å². The topological polar surface area (TPSA) is 204 Å². The molecular formula is C38H48F6N4O7S2. The largest absolute Gasteiger partial charge is 0.416 e. The van der Waals surface area contributed by atoms with E-state index in [1.807, 2.05) is 0 Å². The van der Waals surface area contributed by atoms with Crippen molar-refractivity contribution in [1.82, 2.24) is 4.90 Å². The number of halogens is 6. The number of carbonyl (C=O) groups excluding carboxylic acids is 2. The number of nitrogens with zero attached hydrogens (tertiary/aromatic N) is 1. The zero-order valence-electron chi connectivity index (χ0n) is 31.9. The fourth-order valence-electron chi connectivity index (χ4n) is 6.86. The van der Waals surface area contributed by atoms with Crippen molar-refractivity contribution in [2.75, 3.05) is 6.61 Å². The smallest absolute Gasteiger partial charge is 0.397 e. The number of fused-ring (bicyclic) bond motifs is 1. The third-order valence-electron chi connectivity index (χ3n) is 10.8. The highest BCUT2D eigenvalue weighted by atomic mass is 32.2. The first-order chi connectivity index (χ1) is 26.2. The number of hydrogen-bond acceptors (Lipinski definition) is 10.